The average Bonchev–Trinajstić information content (AvgIpc) is 2.80. The zero-order chi connectivity index (χ0) is 16.7. The van der Waals surface area contributed by atoms with E-state index in [4.69, 9.17) is 0 Å². The van der Waals surface area contributed by atoms with Gasteiger partial charge in [0.1, 0.15) is 0 Å². The first-order valence-corrected chi connectivity index (χ1v) is 9.44. The zero-order valence-electron chi connectivity index (χ0n) is 13.1. The molecular weight excluding hydrogens is 318 g/mol. The van der Waals surface area contributed by atoms with E-state index in [0.29, 0.717) is 6.54 Å². The highest BCUT2D eigenvalue weighted by Gasteiger charge is 2.15. The summed E-state index contributed by atoms with van der Waals surface area (Å²) in [5.41, 5.74) is -0.120. The number of hydrogen-bond donors (Lipinski definition) is 1. The lowest BCUT2D eigenvalue weighted by Gasteiger charge is -2.19. The van der Waals surface area contributed by atoms with Crippen LogP contribution in [0.2, 0.25) is 0 Å². The molecule has 1 saturated heterocycles. The van der Waals surface area contributed by atoms with Gasteiger partial charge in [-0.2, -0.15) is 0 Å². The third-order valence-electron chi connectivity index (χ3n) is 4.00. The Balaban J connectivity index is 1.80. The molecule has 1 aromatic rings. The van der Waals surface area contributed by atoms with Gasteiger partial charge in [0.05, 0.1) is 9.82 Å². The zero-order valence-corrected chi connectivity index (χ0v) is 13.9. The summed E-state index contributed by atoms with van der Waals surface area (Å²) in [6.07, 6.45) is 5.75. The van der Waals surface area contributed by atoms with Gasteiger partial charge in [0.15, 0.2) is 0 Å². The third-order valence-corrected chi connectivity index (χ3v) is 5.48. The van der Waals surface area contributed by atoms with Crippen molar-refractivity contribution in [2.45, 2.75) is 37.0 Å². The molecule has 8 heteroatoms. The molecule has 128 valence electrons. The molecule has 0 radical (unpaired) electrons. The van der Waals surface area contributed by atoms with Crippen molar-refractivity contribution in [1.82, 2.24) is 9.62 Å². The molecule has 2 rings (SSSR count). The first kappa shape index (κ1) is 17.8. The van der Waals surface area contributed by atoms with Crippen molar-refractivity contribution in [2.24, 2.45) is 0 Å². The summed E-state index contributed by atoms with van der Waals surface area (Å²) in [5, 5.41) is 10.6. The summed E-state index contributed by atoms with van der Waals surface area (Å²) in [5.74, 6) is 0. The van der Waals surface area contributed by atoms with E-state index in [1.165, 1.54) is 49.9 Å². The number of rotatable bonds is 7. The van der Waals surface area contributed by atoms with E-state index in [1.807, 2.05) is 0 Å². The van der Waals surface area contributed by atoms with E-state index in [2.05, 4.69) is 9.62 Å². The van der Waals surface area contributed by atoms with Gasteiger partial charge in [-0.15, -0.1) is 0 Å². The second-order valence-corrected chi connectivity index (χ2v) is 7.53. The van der Waals surface area contributed by atoms with E-state index in [-0.39, 0.29) is 10.6 Å². The number of nitrogens with zero attached hydrogens (tertiary/aromatic N) is 2. The Labute approximate surface area is 136 Å². The second kappa shape index (κ2) is 8.37. The predicted molar refractivity (Wildman–Crippen MR) is 87.8 cm³/mol. The Morgan fingerprint density at radius 3 is 2.26 bits per heavy atom. The smallest absolute Gasteiger partial charge is 0.269 e. The molecule has 7 nitrogen and oxygen atoms in total. The first-order valence-electron chi connectivity index (χ1n) is 7.95. The maximum atomic E-state index is 12.1. The van der Waals surface area contributed by atoms with Crippen LogP contribution in [0.25, 0.3) is 0 Å². The first-order chi connectivity index (χ1) is 11.0. The predicted octanol–water partition coefficient (Wildman–Crippen LogP) is 2.14. The summed E-state index contributed by atoms with van der Waals surface area (Å²) >= 11 is 0. The van der Waals surface area contributed by atoms with Crippen molar-refractivity contribution in [3.63, 3.8) is 0 Å². The minimum absolute atomic E-state index is 0.0536. The lowest BCUT2D eigenvalue weighted by molar-refractivity contribution is -0.384. The van der Waals surface area contributed by atoms with Gasteiger partial charge in [-0.3, -0.25) is 10.1 Å². The highest BCUT2D eigenvalue weighted by Crippen LogP contribution is 2.15. The van der Waals surface area contributed by atoms with E-state index in [0.717, 1.165) is 26.1 Å². The SMILES string of the molecule is O=[N+]([O-])c1ccc(S(=O)(=O)NCCCN2CCCCCC2)cc1. The number of nitro benzene ring substituents is 1. The number of nitro groups is 1. The highest BCUT2D eigenvalue weighted by atomic mass is 32.2. The Morgan fingerprint density at radius 2 is 1.70 bits per heavy atom. The fourth-order valence-corrected chi connectivity index (χ4v) is 3.77. The van der Waals surface area contributed by atoms with Crippen LogP contribution in [-0.2, 0) is 10.0 Å². The number of sulfonamides is 1. The standard InChI is InChI=1S/C15H23N3O4S/c19-18(20)14-6-8-15(9-7-14)23(21,22)16-10-5-13-17-11-3-1-2-4-12-17/h6-9,16H,1-5,10-13H2. The topological polar surface area (TPSA) is 92.5 Å². The largest absolute Gasteiger partial charge is 0.303 e. The van der Waals surface area contributed by atoms with Gasteiger partial charge < -0.3 is 4.90 Å². The van der Waals surface area contributed by atoms with Crippen molar-refractivity contribution in [3.8, 4) is 0 Å². The summed E-state index contributed by atoms with van der Waals surface area (Å²) in [7, 11) is -3.60. The maximum Gasteiger partial charge on any atom is 0.269 e. The molecule has 1 N–H and O–H groups in total. The van der Waals surface area contributed by atoms with Crippen LogP contribution in [0.5, 0.6) is 0 Å². The van der Waals surface area contributed by atoms with E-state index < -0.39 is 14.9 Å². The minimum atomic E-state index is -3.60. The van der Waals surface area contributed by atoms with Crippen LogP contribution in [0.4, 0.5) is 5.69 Å². The molecule has 1 aliphatic heterocycles. The molecule has 0 saturated carbocycles. The summed E-state index contributed by atoms with van der Waals surface area (Å²) in [6, 6.07) is 4.92. The maximum absolute atomic E-state index is 12.1. The third kappa shape index (κ3) is 5.56. The van der Waals surface area contributed by atoms with Crippen molar-refractivity contribution < 1.29 is 13.3 Å². The molecule has 0 amide bonds. The molecule has 0 aliphatic carbocycles. The van der Waals surface area contributed by atoms with Crippen LogP contribution in [0.1, 0.15) is 32.1 Å². The van der Waals surface area contributed by atoms with Crippen LogP contribution >= 0.6 is 0 Å². The molecule has 0 unspecified atom stereocenters. The molecule has 0 atom stereocenters. The molecule has 0 bridgehead atoms. The second-order valence-electron chi connectivity index (χ2n) is 5.76. The fraction of sp³-hybridized carbons (Fsp3) is 0.600. The van der Waals surface area contributed by atoms with Gasteiger partial charge in [0, 0.05) is 18.7 Å². The Bertz CT molecular complexity index is 608. The van der Waals surface area contributed by atoms with E-state index in [1.54, 1.807) is 0 Å². The van der Waals surface area contributed by atoms with Crippen molar-refractivity contribution >= 4 is 15.7 Å². The molecule has 0 aromatic heterocycles. The monoisotopic (exact) mass is 341 g/mol. The quantitative estimate of drug-likeness (QED) is 0.466. The molecule has 1 aliphatic rings. The van der Waals surface area contributed by atoms with Gasteiger partial charge in [0.25, 0.3) is 5.69 Å². The van der Waals surface area contributed by atoms with Gasteiger partial charge in [-0.05, 0) is 51.0 Å². The molecule has 0 spiro atoms. The number of likely N-dealkylation sites (tertiary alicyclic amines) is 1. The van der Waals surface area contributed by atoms with Crippen LogP contribution < -0.4 is 4.72 Å². The molecule has 1 heterocycles. The van der Waals surface area contributed by atoms with Crippen molar-refractivity contribution in [3.05, 3.63) is 34.4 Å². The molecular formula is C15H23N3O4S. The normalized spacial score (nSPS) is 16.9. The molecule has 1 aromatic carbocycles. The summed E-state index contributed by atoms with van der Waals surface area (Å²) in [6.45, 7) is 3.45. The van der Waals surface area contributed by atoms with E-state index >= 15 is 0 Å². The Hall–Kier alpha value is -1.51. The Morgan fingerprint density at radius 1 is 1.09 bits per heavy atom. The fourth-order valence-electron chi connectivity index (χ4n) is 2.70. The number of non-ortho nitro benzene ring substituents is 1. The van der Waals surface area contributed by atoms with E-state index in [9.17, 15) is 18.5 Å². The Kier molecular flexibility index (Phi) is 6.49. The van der Waals surface area contributed by atoms with Gasteiger partial charge in [-0.1, -0.05) is 12.8 Å². The average molecular weight is 341 g/mol. The van der Waals surface area contributed by atoms with Crippen LogP contribution in [0.15, 0.2) is 29.2 Å². The highest BCUT2D eigenvalue weighted by molar-refractivity contribution is 7.89. The lowest BCUT2D eigenvalue weighted by atomic mass is 10.2. The van der Waals surface area contributed by atoms with Gasteiger partial charge in [0.2, 0.25) is 10.0 Å². The van der Waals surface area contributed by atoms with Gasteiger partial charge in [-0.25, -0.2) is 13.1 Å². The van der Waals surface area contributed by atoms with Gasteiger partial charge >= 0.3 is 0 Å². The molecule has 1 fully saturated rings. The number of hydrogen-bond acceptors (Lipinski definition) is 5. The van der Waals surface area contributed by atoms with Crippen molar-refractivity contribution in [2.75, 3.05) is 26.2 Å². The lowest BCUT2D eigenvalue weighted by Crippen LogP contribution is -2.30. The minimum Gasteiger partial charge on any atom is -0.303 e. The van der Waals surface area contributed by atoms with Crippen LogP contribution in [0, 0.1) is 10.1 Å². The molecule has 23 heavy (non-hydrogen) atoms. The van der Waals surface area contributed by atoms with Crippen LogP contribution in [0.3, 0.4) is 0 Å². The summed E-state index contributed by atoms with van der Waals surface area (Å²) < 4.78 is 26.8. The van der Waals surface area contributed by atoms with Crippen LogP contribution in [-0.4, -0.2) is 44.4 Å². The number of nitrogens with one attached hydrogen (secondary N) is 1. The number of benzene rings is 1. The summed E-state index contributed by atoms with van der Waals surface area (Å²) in [4.78, 5) is 12.5. The van der Waals surface area contributed by atoms with Crippen molar-refractivity contribution in [1.29, 1.82) is 0 Å².